The third-order valence-corrected chi connectivity index (χ3v) is 5.38. The minimum Gasteiger partial charge on any atom is -0.461 e. The van der Waals surface area contributed by atoms with E-state index in [2.05, 4.69) is 20.8 Å². The van der Waals surface area contributed by atoms with E-state index in [9.17, 15) is 4.79 Å². The van der Waals surface area contributed by atoms with Gasteiger partial charge in [-0.25, -0.2) is 0 Å². The van der Waals surface area contributed by atoms with Gasteiger partial charge in [-0.1, -0.05) is 46.0 Å². The van der Waals surface area contributed by atoms with Crippen LogP contribution in [-0.2, 0) is 14.3 Å². The maximum Gasteiger partial charge on any atom is 0.325 e. The van der Waals surface area contributed by atoms with Gasteiger partial charge in [0.25, 0.3) is 0 Å². The van der Waals surface area contributed by atoms with Gasteiger partial charge in [0, 0.05) is 12.5 Å². The molecule has 2 rings (SSSR count). The summed E-state index contributed by atoms with van der Waals surface area (Å²) in [5.74, 6) is 1.93. The van der Waals surface area contributed by atoms with Crippen LogP contribution in [0.25, 0.3) is 0 Å². The summed E-state index contributed by atoms with van der Waals surface area (Å²) in [5.41, 5.74) is 5.85. The zero-order valence-corrected chi connectivity index (χ0v) is 14.4. The second-order valence-electron chi connectivity index (χ2n) is 7.64. The van der Waals surface area contributed by atoms with E-state index in [-0.39, 0.29) is 18.7 Å². The van der Waals surface area contributed by atoms with Gasteiger partial charge in [0.1, 0.15) is 12.1 Å². The molecule has 0 aromatic heterocycles. The molecule has 22 heavy (non-hydrogen) atoms. The van der Waals surface area contributed by atoms with Crippen molar-refractivity contribution >= 4 is 5.97 Å². The first-order valence-corrected chi connectivity index (χ1v) is 9.02. The average molecular weight is 311 g/mol. The molecule has 2 fully saturated rings. The molecule has 0 spiro atoms. The maximum absolute atomic E-state index is 12.0. The molecule has 4 nitrogen and oxygen atoms in total. The van der Waals surface area contributed by atoms with Crippen molar-refractivity contribution in [2.45, 2.75) is 71.4 Å². The van der Waals surface area contributed by atoms with Crippen LogP contribution in [0, 0.1) is 23.7 Å². The van der Waals surface area contributed by atoms with E-state index in [1.165, 1.54) is 32.1 Å². The summed E-state index contributed by atoms with van der Waals surface area (Å²) in [6, 6.07) is -0.643. The van der Waals surface area contributed by atoms with Crippen LogP contribution in [0.1, 0.15) is 59.3 Å². The summed E-state index contributed by atoms with van der Waals surface area (Å²) in [6.45, 7) is 7.57. The van der Waals surface area contributed by atoms with Gasteiger partial charge < -0.3 is 15.2 Å². The largest absolute Gasteiger partial charge is 0.461 e. The summed E-state index contributed by atoms with van der Waals surface area (Å²) < 4.78 is 11.5. The fourth-order valence-electron chi connectivity index (χ4n) is 4.19. The molecule has 1 saturated carbocycles. The van der Waals surface area contributed by atoms with Crippen molar-refractivity contribution in [3.05, 3.63) is 0 Å². The number of esters is 1. The fraction of sp³-hybridized carbons (Fsp3) is 0.944. The van der Waals surface area contributed by atoms with Gasteiger partial charge in [-0.3, -0.25) is 4.79 Å². The second-order valence-corrected chi connectivity index (χ2v) is 7.64. The van der Waals surface area contributed by atoms with Crippen molar-refractivity contribution in [3.63, 3.8) is 0 Å². The van der Waals surface area contributed by atoms with Crippen LogP contribution in [-0.4, -0.2) is 31.3 Å². The summed E-state index contributed by atoms with van der Waals surface area (Å²) >= 11 is 0. The van der Waals surface area contributed by atoms with E-state index >= 15 is 0 Å². The number of cyclic esters (lactones) is 1. The molecular formula is C18H33NO3. The molecule has 1 aliphatic carbocycles. The van der Waals surface area contributed by atoms with Gasteiger partial charge in [0.15, 0.2) is 0 Å². The molecule has 128 valence electrons. The predicted molar refractivity (Wildman–Crippen MR) is 87.4 cm³/mol. The van der Waals surface area contributed by atoms with Crippen molar-refractivity contribution in [2.75, 3.05) is 13.2 Å². The SMILES string of the molecule is CC(C)CC[C@H]1COC[C@H](N)C(=O)O[C@@H](C)[C@@H]1C1CCCC1. The molecule has 1 heterocycles. The zero-order valence-electron chi connectivity index (χ0n) is 14.4. The van der Waals surface area contributed by atoms with Crippen molar-refractivity contribution in [1.29, 1.82) is 0 Å². The molecule has 0 amide bonds. The van der Waals surface area contributed by atoms with Crippen LogP contribution in [0.3, 0.4) is 0 Å². The number of rotatable bonds is 4. The predicted octanol–water partition coefficient (Wildman–Crippen LogP) is 3.13. The molecule has 1 aliphatic heterocycles. The number of nitrogens with two attached hydrogens (primary N) is 1. The first-order chi connectivity index (χ1) is 10.5. The van der Waals surface area contributed by atoms with Gasteiger partial charge in [-0.15, -0.1) is 0 Å². The van der Waals surface area contributed by atoms with Gasteiger partial charge in [0.2, 0.25) is 0 Å². The molecule has 2 aliphatic rings. The highest BCUT2D eigenvalue weighted by Crippen LogP contribution is 2.40. The molecule has 4 heteroatoms. The van der Waals surface area contributed by atoms with E-state index in [1.807, 2.05) is 0 Å². The molecule has 0 aromatic carbocycles. The first kappa shape index (κ1) is 17.7. The maximum atomic E-state index is 12.0. The van der Waals surface area contributed by atoms with Crippen molar-refractivity contribution in [2.24, 2.45) is 29.4 Å². The zero-order chi connectivity index (χ0) is 16.1. The summed E-state index contributed by atoms with van der Waals surface area (Å²) in [5, 5.41) is 0. The van der Waals surface area contributed by atoms with E-state index in [1.54, 1.807) is 0 Å². The lowest BCUT2D eigenvalue weighted by Crippen LogP contribution is -2.40. The Balaban J connectivity index is 2.14. The van der Waals surface area contributed by atoms with Crippen LogP contribution in [0.2, 0.25) is 0 Å². The van der Waals surface area contributed by atoms with Crippen LogP contribution in [0.4, 0.5) is 0 Å². The van der Waals surface area contributed by atoms with Crippen LogP contribution < -0.4 is 5.73 Å². The number of hydrogen-bond acceptors (Lipinski definition) is 4. The first-order valence-electron chi connectivity index (χ1n) is 9.02. The van der Waals surface area contributed by atoms with Gasteiger partial charge in [-0.05, 0) is 31.1 Å². The van der Waals surface area contributed by atoms with Gasteiger partial charge in [-0.2, -0.15) is 0 Å². The van der Waals surface area contributed by atoms with Gasteiger partial charge >= 0.3 is 5.97 Å². The summed E-state index contributed by atoms with van der Waals surface area (Å²) in [6.07, 6.45) is 7.42. The van der Waals surface area contributed by atoms with Crippen molar-refractivity contribution in [3.8, 4) is 0 Å². The standard InChI is InChI=1S/C18H33NO3/c1-12(2)8-9-15-10-21-11-16(19)18(20)22-13(3)17(15)14-6-4-5-7-14/h12-17H,4-11,19H2,1-3H3/t13-,15-,16-,17+/m0/s1. The average Bonchev–Trinajstić information content (AvgIpc) is 2.97. The third-order valence-electron chi connectivity index (χ3n) is 5.38. The highest BCUT2D eigenvalue weighted by molar-refractivity contribution is 5.75. The summed E-state index contributed by atoms with van der Waals surface area (Å²) in [7, 11) is 0. The minimum atomic E-state index is -0.643. The minimum absolute atomic E-state index is 0.0551. The molecule has 1 saturated heterocycles. The molecule has 0 radical (unpaired) electrons. The molecular weight excluding hydrogens is 278 g/mol. The topological polar surface area (TPSA) is 61.5 Å². The lowest BCUT2D eigenvalue weighted by atomic mass is 9.75. The molecule has 0 unspecified atom stereocenters. The fourth-order valence-corrected chi connectivity index (χ4v) is 4.19. The van der Waals surface area contributed by atoms with Crippen LogP contribution >= 0.6 is 0 Å². The molecule has 0 aromatic rings. The quantitative estimate of drug-likeness (QED) is 0.810. The monoisotopic (exact) mass is 311 g/mol. The molecule has 4 atom stereocenters. The smallest absolute Gasteiger partial charge is 0.325 e. The van der Waals surface area contributed by atoms with Crippen LogP contribution in [0.5, 0.6) is 0 Å². The Morgan fingerprint density at radius 2 is 1.91 bits per heavy atom. The van der Waals surface area contributed by atoms with E-state index < -0.39 is 6.04 Å². The summed E-state index contributed by atoms with van der Waals surface area (Å²) in [4.78, 5) is 12.0. The van der Waals surface area contributed by atoms with E-state index in [4.69, 9.17) is 15.2 Å². The number of carbonyl (C=O) groups is 1. The Bertz CT molecular complexity index is 352. The highest BCUT2D eigenvalue weighted by Gasteiger charge is 2.38. The highest BCUT2D eigenvalue weighted by atomic mass is 16.5. The number of hydrogen-bond donors (Lipinski definition) is 1. The van der Waals surface area contributed by atoms with E-state index in [0.717, 1.165) is 6.42 Å². The lowest BCUT2D eigenvalue weighted by molar-refractivity contribution is -0.154. The Hall–Kier alpha value is -0.610. The van der Waals surface area contributed by atoms with Crippen molar-refractivity contribution < 1.29 is 14.3 Å². The Morgan fingerprint density at radius 1 is 1.23 bits per heavy atom. The van der Waals surface area contributed by atoms with Crippen LogP contribution in [0.15, 0.2) is 0 Å². The number of carbonyl (C=O) groups excluding carboxylic acids is 1. The second kappa shape index (κ2) is 8.30. The Morgan fingerprint density at radius 3 is 2.55 bits per heavy atom. The normalized spacial score (nSPS) is 35.0. The Kier molecular flexibility index (Phi) is 6.69. The molecule has 0 bridgehead atoms. The Labute approximate surface area is 135 Å². The van der Waals surface area contributed by atoms with Crippen molar-refractivity contribution in [1.82, 2.24) is 0 Å². The van der Waals surface area contributed by atoms with Gasteiger partial charge in [0.05, 0.1) is 6.61 Å². The van der Waals surface area contributed by atoms with E-state index in [0.29, 0.717) is 30.3 Å². The third kappa shape index (κ3) is 4.69. The lowest BCUT2D eigenvalue weighted by Gasteiger charge is -2.35. The number of ether oxygens (including phenoxy) is 2. The molecule has 2 N–H and O–H groups in total.